The van der Waals surface area contributed by atoms with Crippen LogP contribution in [0.2, 0.25) is 0 Å². The number of benzene rings is 1. The Morgan fingerprint density at radius 3 is 2.54 bits per heavy atom. The number of nitrogens with zero attached hydrogens (tertiary/aromatic N) is 4. The van der Waals surface area contributed by atoms with Crippen LogP contribution in [0.25, 0.3) is 5.65 Å². The van der Waals surface area contributed by atoms with Gasteiger partial charge < -0.3 is 14.0 Å². The molecule has 2 aromatic heterocycles. The van der Waals surface area contributed by atoms with Gasteiger partial charge in [-0.3, -0.25) is 4.79 Å². The monoisotopic (exact) mass is 324 g/mol. The molecule has 6 heteroatoms. The molecular weight excluding hydrogens is 304 g/mol. The number of likely N-dealkylation sites (N-methyl/N-ethyl adjacent to an activating group) is 1. The second-order valence-corrected chi connectivity index (χ2v) is 5.75. The first-order valence-corrected chi connectivity index (χ1v) is 7.78. The Labute approximate surface area is 140 Å². The van der Waals surface area contributed by atoms with Crippen LogP contribution < -0.4 is 4.74 Å². The molecule has 0 aliphatic rings. The Balaban J connectivity index is 1.75. The zero-order valence-corrected chi connectivity index (χ0v) is 14.0. The predicted molar refractivity (Wildman–Crippen MR) is 91.2 cm³/mol. The van der Waals surface area contributed by atoms with Crippen LogP contribution in [0.3, 0.4) is 0 Å². The average molecular weight is 324 g/mol. The van der Waals surface area contributed by atoms with Gasteiger partial charge in [0.25, 0.3) is 5.91 Å². The minimum absolute atomic E-state index is 0.0305. The summed E-state index contributed by atoms with van der Waals surface area (Å²) in [5, 5.41) is 0. The Morgan fingerprint density at radius 1 is 1.21 bits per heavy atom. The molecule has 1 atom stereocenters. The van der Waals surface area contributed by atoms with Gasteiger partial charge in [-0.1, -0.05) is 12.1 Å². The van der Waals surface area contributed by atoms with E-state index in [9.17, 15) is 4.79 Å². The molecule has 0 fully saturated rings. The fraction of sp³-hybridized carbons (Fsp3) is 0.278. The number of hydrogen-bond donors (Lipinski definition) is 0. The fourth-order valence-electron chi connectivity index (χ4n) is 2.61. The molecule has 124 valence electrons. The molecule has 6 nitrogen and oxygen atoms in total. The van der Waals surface area contributed by atoms with Gasteiger partial charge in [0.2, 0.25) is 0 Å². The Morgan fingerprint density at radius 2 is 1.88 bits per heavy atom. The van der Waals surface area contributed by atoms with E-state index < -0.39 is 0 Å². The molecule has 2 heterocycles. The van der Waals surface area contributed by atoms with Crippen molar-refractivity contribution in [2.24, 2.45) is 0 Å². The van der Waals surface area contributed by atoms with E-state index >= 15 is 0 Å². The van der Waals surface area contributed by atoms with Gasteiger partial charge in [-0.15, -0.1) is 0 Å². The summed E-state index contributed by atoms with van der Waals surface area (Å²) in [6.07, 6.45) is 7.61. The third-order valence-electron chi connectivity index (χ3n) is 4.19. The van der Waals surface area contributed by atoms with E-state index in [0.717, 1.165) is 17.7 Å². The van der Waals surface area contributed by atoms with Crippen LogP contribution in [0.4, 0.5) is 0 Å². The molecule has 3 rings (SSSR count). The highest BCUT2D eigenvalue weighted by Crippen LogP contribution is 2.16. The predicted octanol–water partition coefficient (Wildman–Crippen LogP) is 2.44. The first kappa shape index (κ1) is 16.0. The molecule has 0 saturated carbocycles. The summed E-state index contributed by atoms with van der Waals surface area (Å²) in [5.41, 5.74) is 2.09. The second-order valence-electron chi connectivity index (χ2n) is 5.75. The number of hydrogen-bond acceptors (Lipinski definition) is 4. The zero-order valence-electron chi connectivity index (χ0n) is 14.0. The highest BCUT2D eigenvalue weighted by Gasteiger charge is 2.21. The van der Waals surface area contributed by atoms with Crippen LogP contribution in [-0.2, 0) is 6.42 Å². The summed E-state index contributed by atoms with van der Waals surface area (Å²) >= 11 is 0. The summed E-state index contributed by atoms with van der Waals surface area (Å²) in [5.74, 6) is 0.693. The number of imidazole rings is 1. The number of carbonyl (C=O) groups excluding carboxylic acids is 1. The van der Waals surface area contributed by atoms with Crippen LogP contribution in [0.5, 0.6) is 5.75 Å². The van der Waals surface area contributed by atoms with Gasteiger partial charge in [-0.2, -0.15) is 0 Å². The van der Waals surface area contributed by atoms with E-state index in [2.05, 4.69) is 9.97 Å². The van der Waals surface area contributed by atoms with Gasteiger partial charge in [0.1, 0.15) is 5.75 Å². The normalized spacial score (nSPS) is 12.1. The molecule has 0 aliphatic carbocycles. The van der Waals surface area contributed by atoms with Crippen LogP contribution >= 0.6 is 0 Å². The van der Waals surface area contributed by atoms with Crippen molar-refractivity contribution in [3.05, 3.63) is 60.3 Å². The molecule has 0 bridgehead atoms. The van der Waals surface area contributed by atoms with Crippen molar-refractivity contribution < 1.29 is 9.53 Å². The maximum atomic E-state index is 12.8. The Kier molecular flexibility index (Phi) is 4.46. The quantitative estimate of drug-likeness (QED) is 0.723. The number of rotatable bonds is 5. The van der Waals surface area contributed by atoms with E-state index in [4.69, 9.17) is 4.74 Å². The molecule has 0 saturated heterocycles. The van der Waals surface area contributed by atoms with Crippen LogP contribution in [0, 0.1) is 0 Å². The van der Waals surface area contributed by atoms with Gasteiger partial charge in [-0.25, -0.2) is 9.97 Å². The topological polar surface area (TPSA) is 59.7 Å². The molecule has 24 heavy (non-hydrogen) atoms. The summed E-state index contributed by atoms with van der Waals surface area (Å²) in [7, 11) is 3.44. The lowest BCUT2D eigenvalue weighted by Gasteiger charge is -2.25. The smallest absolute Gasteiger partial charge is 0.276 e. The SMILES string of the molecule is COc1ccc(C[C@@H](C)N(C)C(=O)c2nccn3ccnc23)cc1. The lowest BCUT2D eigenvalue weighted by molar-refractivity contribution is 0.0739. The lowest BCUT2D eigenvalue weighted by Crippen LogP contribution is -2.37. The number of amides is 1. The van der Waals surface area contributed by atoms with Gasteiger partial charge in [0.05, 0.1) is 7.11 Å². The molecule has 0 N–H and O–H groups in total. The molecule has 0 unspecified atom stereocenters. The molecule has 1 aromatic carbocycles. The van der Waals surface area contributed by atoms with Crippen molar-refractivity contribution in [3.8, 4) is 5.75 Å². The molecular formula is C18H20N4O2. The van der Waals surface area contributed by atoms with Gasteiger partial charge in [0.15, 0.2) is 11.3 Å². The summed E-state index contributed by atoms with van der Waals surface area (Å²) in [6.45, 7) is 2.02. The standard InChI is InChI=1S/C18H20N4O2/c1-13(12-14-4-6-15(24-3)7-5-14)21(2)18(23)16-17-20-9-11-22(17)10-8-19-16/h4-11,13H,12H2,1-3H3/t13-/m1/s1. The van der Waals surface area contributed by atoms with Gasteiger partial charge in [-0.05, 0) is 31.0 Å². The Hall–Kier alpha value is -2.89. The molecule has 1 amide bonds. The van der Waals surface area contributed by atoms with E-state index in [-0.39, 0.29) is 11.9 Å². The number of methoxy groups -OCH3 is 1. The van der Waals surface area contributed by atoms with Crippen LogP contribution in [-0.4, -0.2) is 45.4 Å². The summed E-state index contributed by atoms with van der Waals surface area (Å²) in [6, 6.07) is 7.92. The van der Waals surface area contributed by atoms with Crippen LogP contribution in [0.15, 0.2) is 49.1 Å². The van der Waals surface area contributed by atoms with Crippen LogP contribution in [0.1, 0.15) is 23.0 Å². The number of carbonyl (C=O) groups is 1. The van der Waals surface area contributed by atoms with Crippen molar-refractivity contribution >= 4 is 11.6 Å². The first-order chi connectivity index (χ1) is 11.6. The lowest BCUT2D eigenvalue weighted by atomic mass is 10.1. The minimum Gasteiger partial charge on any atom is -0.497 e. The second kappa shape index (κ2) is 6.70. The van der Waals surface area contributed by atoms with E-state index in [0.29, 0.717) is 11.3 Å². The maximum absolute atomic E-state index is 12.8. The average Bonchev–Trinajstić information content (AvgIpc) is 3.09. The third-order valence-corrected chi connectivity index (χ3v) is 4.19. The van der Waals surface area contributed by atoms with Crippen molar-refractivity contribution in [2.45, 2.75) is 19.4 Å². The highest BCUT2D eigenvalue weighted by atomic mass is 16.5. The third kappa shape index (κ3) is 3.08. The Bertz CT molecular complexity index is 842. The summed E-state index contributed by atoms with van der Waals surface area (Å²) in [4.78, 5) is 22.9. The van der Waals surface area contributed by atoms with Crippen molar-refractivity contribution in [2.75, 3.05) is 14.2 Å². The summed E-state index contributed by atoms with van der Waals surface area (Å²) < 4.78 is 6.96. The maximum Gasteiger partial charge on any atom is 0.276 e. The number of fused-ring (bicyclic) bond motifs is 1. The van der Waals surface area contributed by atoms with Crippen molar-refractivity contribution in [3.63, 3.8) is 0 Å². The minimum atomic E-state index is -0.132. The van der Waals surface area contributed by atoms with E-state index in [1.807, 2.05) is 31.2 Å². The molecule has 0 radical (unpaired) electrons. The van der Waals surface area contributed by atoms with E-state index in [1.165, 1.54) is 0 Å². The van der Waals surface area contributed by atoms with Crippen molar-refractivity contribution in [1.29, 1.82) is 0 Å². The fourth-order valence-corrected chi connectivity index (χ4v) is 2.61. The van der Waals surface area contributed by atoms with Gasteiger partial charge >= 0.3 is 0 Å². The zero-order chi connectivity index (χ0) is 17.1. The molecule has 0 spiro atoms. The number of aromatic nitrogens is 3. The largest absolute Gasteiger partial charge is 0.497 e. The van der Waals surface area contributed by atoms with Gasteiger partial charge in [0, 0.05) is 37.9 Å². The van der Waals surface area contributed by atoms with E-state index in [1.54, 1.807) is 48.2 Å². The molecule has 3 aromatic rings. The first-order valence-electron chi connectivity index (χ1n) is 7.78. The number of ether oxygens (including phenoxy) is 1. The molecule has 0 aliphatic heterocycles. The highest BCUT2D eigenvalue weighted by molar-refractivity contribution is 5.97. The van der Waals surface area contributed by atoms with Crippen molar-refractivity contribution in [1.82, 2.24) is 19.3 Å².